The van der Waals surface area contributed by atoms with Crippen molar-refractivity contribution in [1.82, 2.24) is 15.1 Å². The van der Waals surface area contributed by atoms with Gasteiger partial charge in [0.2, 0.25) is 0 Å². The summed E-state index contributed by atoms with van der Waals surface area (Å²) in [7, 11) is 4.07. The second-order valence-electron chi connectivity index (χ2n) is 7.07. The molecule has 0 aromatic carbocycles. The first-order chi connectivity index (χ1) is 9.37. The number of likely N-dealkylation sites (tertiary alicyclic amines) is 1. The smallest absolute Gasteiger partial charge is 0.0630 e. The van der Waals surface area contributed by atoms with Gasteiger partial charge < -0.3 is 15.0 Å². The lowest BCUT2D eigenvalue weighted by molar-refractivity contribution is 0.0495. The fourth-order valence-corrected chi connectivity index (χ4v) is 2.88. The van der Waals surface area contributed by atoms with E-state index in [1.807, 2.05) is 0 Å². The van der Waals surface area contributed by atoms with E-state index in [9.17, 15) is 0 Å². The molecule has 0 radical (unpaired) electrons. The molecule has 20 heavy (non-hydrogen) atoms. The fraction of sp³-hybridized carbons (Fsp3) is 1.00. The number of hydrogen-bond acceptors (Lipinski definition) is 4. The van der Waals surface area contributed by atoms with Crippen molar-refractivity contribution in [3.8, 4) is 0 Å². The molecular formula is C16H35N3O. The van der Waals surface area contributed by atoms with E-state index < -0.39 is 0 Å². The topological polar surface area (TPSA) is 27.7 Å². The highest BCUT2D eigenvalue weighted by molar-refractivity contribution is 4.84. The maximum absolute atomic E-state index is 5.43. The van der Waals surface area contributed by atoms with E-state index >= 15 is 0 Å². The monoisotopic (exact) mass is 285 g/mol. The van der Waals surface area contributed by atoms with Crippen LogP contribution in [0.5, 0.6) is 0 Å². The zero-order valence-electron chi connectivity index (χ0n) is 14.4. The lowest BCUT2D eigenvalue weighted by Crippen LogP contribution is -2.53. The lowest BCUT2D eigenvalue weighted by Gasteiger charge is -2.40. The Morgan fingerprint density at radius 1 is 1.30 bits per heavy atom. The Kier molecular flexibility index (Phi) is 7.45. The molecule has 0 bridgehead atoms. The number of ether oxygens (including phenoxy) is 1. The largest absolute Gasteiger partial charge is 0.383 e. The molecule has 0 spiro atoms. The third-order valence-electron chi connectivity index (χ3n) is 4.38. The molecule has 1 saturated heterocycles. The van der Waals surface area contributed by atoms with E-state index in [1.165, 1.54) is 32.5 Å². The highest BCUT2D eigenvalue weighted by atomic mass is 16.5. The summed E-state index contributed by atoms with van der Waals surface area (Å²) in [5.74, 6) is 0. The van der Waals surface area contributed by atoms with E-state index in [2.05, 4.69) is 49.9 Å². The van der Waals surface area contributed by atoms with Crippen molar-refractivity contribution >= 4 is 0 Å². The van der Waals surface area contributed by atoms with Gasteiger partial charge in [0.1, 0.15) is 0 Å². The first-order valence-electron chi connectivity index (χ1n) is 8.05. The van der Waals surface area contributed by atoms with Crippen LogP contribution in [-0.2, 0) is 4.74 Å². The van der Waals surface area contributed by atoms with Gasteiger partial charge >= 0.3 is 0 Å². The quantitative estimate of drug-likeness (QED) is 0.772. The average molecular weight is 285 g/mol. The van der Waals surface area contributed by atoms with Gasteiger partial charge in [-0.3, -0.25) is 4.90 Å². The Morgan fingerprint density at radius 2 is 1.90 bits per heavy atom. The molecule has 1 atom stereocenters. The lowest BCUT2D eigenvalue weighted by atomic mass is 10.0. The molecule has 1 unspecified atom stereocenters. The Labute approximate surface area is 125 Å². The summed E-state index contributed by atoms with van der Waals surface area (Å²) in [5.41, 5.74) is 0.165. The molecule has 0 aromatic rings. The molecular weight excluding hydrogens is 250 g/mol. The highest BCUT2D eigenvalue weighted by Gasteiger charge is 2.27. The standard InChI is InChI=1S/C16H35N3O/c1-7-19-10-8-14(9-11-19)18(5)15(13-20-6)12-17-16(2,3)4/h14-15,17H,7-13H2,1-6H3. The number of piperidine rings is 1. The third kappa shape index (κ3) is 6.08. The van der Waals surface area contributed by atoms with Gasteiger partial charge in [0.25, 0.3) is 0 Å². The summed E-state index contributed by atoms with van der Waals surface area (Å²) >= 11 is 0. The van der Waals surface area contributed by atoms with Gasteiger partial charge in [-0.25, -0.2) is 0 Å². The molecule has 4 heteroatoms. The van der Waals surface area contributed by atoms with Crippen LogP contribution < -0.4 is 5.32 Å². The second-order valence-corrected chi connectivity index (χ2v) is 7.07. The second kappa shape index (κ2) is 8.32. The zero-order valence-corrected chi connectivity index (χ0v) is 14.4. The average Bonchev–Trinajstić information content (AvgIpc) is 2.42. The Morgan fingerprint density at radius 3 is 2.35 bits per heavy atom. The van der Waals surface area contributed by atoms with Gasteiger partial charge in [-0.15, -0.1) is 0 Å². The van der Waals surface area contributed by atoms with Crippen molar-refractivity contribution in [2.75, 3.05) is 46.9 Å². The van der Waals surface area contributed by atoms with E-state index in [4.69, 9.17) is 4.74 Å². The molecule has 1 N–H and O–H groups in total. The first kappa shape index (κ1) is 17.9. The van der Waals surface area contributed by atoms with Crippen LogP contribution in [0.4, 0.5) is 0 Å². The van der Waals surface area contributed by atoms with E-state index in [1.54, 1.807) is 7.11 Å². The summed E-state index contributed by atoms with van der Waals surface area (Å²) in [6, 6.07) is 1.15. The van der Waals surface area contributed by atoms with Gasteiger partial charge in [-0.1, -0.05) is 6.92 Å². The molecule has 1 fully saturated rings. The minimum atomic E-state index is 0.165. The molecule has 1 rings (SSSR count). The van der Waals surface area contributed by atoms with Gasteiger partial charge in [0.15, 0.2) is 0 Å². The summed E-state index contributed by atoms with van der Waals surface area (Å²) < 4.78 is 5.43. The van der Waals surface area contributed by atoms with Crippen LogP contribution in [0.3, 0.4) is 0 Å². The van der Waals surface area contributed by atoms with Crippen LogP contribution in [0, 0.1) is 0 Å². The van der Waals surface area contributed by atoms with Crippen LogP contribution in [0.1, 0.15) is 40.5 Å². The van der Waals surface area contributed by atoms with Gasteiger partial charge in [0, 0.05) is 31.3 Å². The van der Waals surface area contributed by atoms with E-state index in [0.717, 1.165) is 13.2 Å². The predicted octanol–water partition coefficient (Wildman–Crippen LogP) is 1.81. The molecule has 120 valence electrons. The van der Waals surface area contributed by atoms with Crippen molar-refractivity contribution in [2.24, 2.45) is 0 Å². The van der Waals surface area contributed by atoms with Gasteiger partial charge in [0.05, 0.1) is 6.61 Å². The van der Waals surface area contributed by atoms with Crippen molar-refractivity contribution < 1.29 is 4.74 Å². The van der Waals surface area contributed by atoms with E-state index in [0.29, 0.717) is 12.1 Å². The summed E-state index contributed by atoms with van der Waals surface area (Å²) in [4.78, 5) is 5.08. The van der Waals surface area contributed by atoms with Crippen molar-refractivity contribution in [2.45, 2.75) is 58.2 Å². The molecule has 1 aliphatic heterocycles. The molecule has 1 heterocycles. The van der Waals surface area contributed by atoms with Crippen LogP contribution in [0.15, 0.2) is 0 Å². The summed E-state index contributed by atoms with van der Waals surface area (Å²) in [5, 5.41) is 3.61. The molecule has 0 saturated carbocycles. The third-order valence-corrected chi connectivity index (χ3v) is 4.38. The number of hydrogen-bond donors (Lipinski definition) is 1. The first-order valence-corrected chi connectivity index (χ1v) is 8.05. The van der Waals surface area contributed by atoms with Crippen molar-refractivity contribution in [1.29, 1.82) is 0 Å². The van der Waals surface area contributed by atoms with E-state index in [-0.39, 0.29) is 5.54 Å². The number of nitrogens with zero attached hydrogens (tertiary/aromatic N) is 2. The number of nitrogens with one attached hydrogen (secondary N) is 1. The molecule has 0 aromatic heterocycles. The maximum Gasteiger partial charge on any atom is 0.0630 e. The zero-order chi connectivity index (χ0) is 15.2. The van der Waals surface area contributed by atoms with Gasteiger partial charge in [-0.05, 0) is 60.3 Å². The predicted molar refractivity (Wildman–Crippen MR) is 86.3 cm³/mol. The fourth-order valence-electron chi connectivity index (χ4n) is 2.88. The van der Waals surface area contributed by atoms with Crippen LogP contribution in [-0.4, -0.2) is 74.4 Å². The number of likely N-dealkylation sites (N-methyl/N-ethyl adjacent to an activating group) is 1. The van der Waals surface area contributed by atoms with Crippen LogP contribution >= 0.6 is 0 Å². The maximum atomic E-state index is 5.43. The Bertz CT molecular complexity index is 257. The van der Waals surface area contributed by atoms with Crippen molar-refractivity contribution in [3.05, 3.63) is 0 Å². The van der Waals surface area contributed by atoms with Crippen molar-refractivity contribution in [3.63, 3.8) is 0 Å². The molecule has 1 aliphatic rings. The van der Waals surface area contributed by atoms with Crippen LogP contribution in [0.25, 0.3) is 0 Å². The normalized spacial score (nSPS) is 20.6. The summed E-state index contributed by atoms with van der Waals surface area (Å²) in [6.07, 6.45) is 2.56. The summed E-state index contributed by atoms with van der Waals surface area (Å²) in [6.45, 7) is 14.4. The Balaban J connectivity index is 2.49. The SMILES string of the molecule is CCN1CCC(N(C)C(CNC(C)(C)C)COC)CC1. The Hall–Kier alpha value is -0.160. The van der Waals surface area contributed by atoms with Crippen LogP contribution in [0.2, 0.25) is 0 Å². The number of methoxy groups -OCH3 is 1. The number of rotatable bonds is 7. The molecule has 0 aliphatic carbocycles. The minimum absolute atomic E-state index is 0.165. The highest BCUT2D eigenvalue weighted by Crippen LogP contribution is 2.17. The molecule has 4 nitrogen and oxygen atoms in total. The minimum Gasteiger partial charge on any atom is -0.383 e. The molecule has 0 amide bonds. The van der Waals surface area contributed by atoms with Gasteiger partial charge in [-0.2, -0.15) is 0 Å².